The number of nitriles is 1. The van der Waals surface area contributed by atoms with Crippen molar-refractivity contribution < 1.29 is 4.74 Å². The molecule has 8 heteroatoms. The highest BCUT2D eigenvalue weighted by Gasteiger charge is 2.38. The van der Waals surface area contributed by atoms with E-state index in [1.165, 1.54) is 0 Å². The number of aromatic nitrogens is 4. The minimum Gasteiger partial charge on any atom is -0.379 e. The lowest BCUT2D eigenvalue weighted by Crippen LogP contribution is -2.42. The zero-order valence-corrected chi connectivity index (χ0v) is 17.2. The van der Waals surface area contributed by atoms with Gasteiger partial charge >= 0.3 is 0 Å². The number of nitrogens with zero attached hydrogens (tertiary/aromatic N) is 4. The van der Waals surface area contributed by atoms with Crippen molar-refractivity contribution in [2.24, 2.45) is 0 Å². The topological polar surface area (TPSA) is 109 Å². The molecule has 3 aromatic heterocycles. The lowest BCUT2D eigenvalue weighted by Gasteiger charge is -2.35. The highest BCUT2D eigenvalue weighted by molar-refractivity contribution is 5.97. The van der Waals surface area contributed by atoms with Crippen LogP contribution >= 0.6 is 0 Å². The minimum absolute atomic E-state index is 0.237. The van der Waals surface area contributed by atoms with Crippen LogP contribution < -0.4 is 10.9 Å². The monoisotopic (exact) mass is 414 g/mol. The molecule has 1 saturated heterocycles. The number of anilines is 2. The lowest BCUT2D eigenvalue weighted by atomic mass is 9.89. The molecule has 0 radical (unpaired) electrons. The predicted octanol–water partition coefficient (Wildman–Crippen LogP) is 3.74. The van der Waals surface area contributed by atoms with Crippen LogP contribution in [-0.2, 0) is 10.3 Å². The van der Waals surface area contributed by atoms with Gasteiger partial charge in [0.25, 0.3) is 5.56 Å². The number of H-pyrrole nitrogens is 1. The fourth-order valence-corrected chi connectivity index (χ4v) is 4.37. The first-order valence-electron chi connectivity index (χ1n) is 10.3. The van der Waals surface area contributed by atoms with Crippen molar-refractivity contribution in [2.75, 3.05) is 18.5 Å². The molecule has 0 spiro atoms. The SMILES string of the molecule is Cc1ccc2cccc(Nc3nn(C4(CC#N)CCCOC4)c4cc[nH]c(=O)c34)c2n1. The molecule has 2 N–H and O–H groups in total. The number of aryl methyl sites for hydroxylation is 1. The van der Waals surface area contributed by atoms with Crippen molar-refractivity contribution in [3.8, 4) is 6.07 Å². The van der Waals surface area contributed by atoms with Crippen LogP contribution in [0.3, 0.4) is 0 Å². The third-order valence-corrected chi connectivity index (χ3v) is 5.88. The summed E-state index contributed by atoms with van der Waals surface area (Å²) in [5, 5.41) is 19.1. The second-order valence-electron chi connectivity index (χ2n) is 8.00. The summed E-state index contributed by atoms with van der Waals surface area (Å²) >= 11 is 0. The molecule has 4 heterocycles. The first kappa shape index (κ1) is 19.3. The first-order valence-corrected chi connectivity index (χ1v) is 10.3. The maximum Gasteiger partial charge on any atom is 0.261 e. The zero-order chi connectivity index (χ0) is 21.4. The van der Waals surface area contributed by atoms with Crippen LogP contribution in [-0.4, -0.2) is 33.0 Å². The van der Waals surface area contributed by atoms with Gasteiger partial charge in [-0.1, -0.05) is 18.2 Å². The number of fused-ring (bicyclic) bond motifs is 2. The molecule has 1 aromatic carbocycles. The number of hydrogen-bond donors (Lipinski definition) is 2. The van der Waals surface area contributed by atoms with Gasteiger partial charge in [0.1, 0.15) is 5.39 Å². The number of aromatic amines is 1. The molecule has 31 heavy (non-hydrogen) atoms. The van der Waals surface area contributed by atoms with E-state index in [2.05, 4.69) is 21.4 Å². The largest absolute Gasteiger partial charge is 0.379 e. The van der Waals surface area contributed by atoms with Gasteiger partial charge in [-0.3, -0.25) is 14.5 Å². The van der Waals surface area contributed by atoms with Crippen molar-refractivity contribution in [2.45, 2.75) is 31.7 Å². The number of pyridine rings is 2. The van der Waals surface area contributed by atoms with Crippen molar-refractivity contribution in [1.29, 1.82) is 5.26 Å². The Labute approximate surface area is 178 Å². The smallest absolute Gasteiger partial charge is 0.261 e. The van der Waals surface area contributed by atoms with Crippen LogP contribution in [0.1, 0.15) is 25.0 Å². The number of nitrogens with one attached hydrogen (secondary N) is 2. The van der Waals surface area contributed by atoms with E-state index < -0.39 is 5.54 Å². The maximum atomic E-state index is 12.8. The van der Waals surface area contributed by atoms with E-state index >= 15 is 0 Å². The minimum atomic E-state index is -0.605. The lowest BCUT2D eigenvalue weighted by molar-refractivity contribution is -0.00174. The molecule has 1 aliphatic rings. The summed E-state index contributed by atoms with van der Waals surface area (Å²) in [6.45, 7) is 3.00. The van der Waals surface area contributed by atoms with Crippen molar-refractivity contribution in [3.05, 3.63) is 58.6 Å². The van der Waals surface area contributed by atoms with Crippen LogP contribution in [0.5, 0.6) is 0 Å². The van der Waals surface area contributed by atoms with E-state index in [0.29, 0.717) is 29.9 Å². The van der Waals surface area contributed by atoms with E-state index in [1.807, 2.05) is 48.0 Å². The highest BCUT2D eigenvalue weighted by atomic mass is 16.5. The van der Waals surface area contributed by atoms with Crippen LogP contribution in [0, 0.1) is 18.3 Å². The van der Waals surface area contributed by atoms with Crippen molar-refractivity contribution in [1.82, 2.24) is 19.7 Å². The molecular formula is C23H22N6O2. The average molecular weight is 414 g/mol. The van der Waals surface area contributed by atoms with E-state index in [4.69, 9.17) is 9.84 Å². The Morgan fingerprint density at radius 3 is 3.03 bits per heavy atom. The average Bonchev–Trinajstić information content (AvgIpc) is 3.15. The van der Waals surface area contributed by atoms with Crippen LogP contribution in [0.2, 0.25) is 0 Å². The molecule has 4 aromatic rings. The third kappa shape index (κ3) is 3.23. The van der Waals surface area contributed by atoms with E-state index in [0.717, 1.165) is 35.1 Å². The number of hydrogen-bond acceptors (Lipinski definition) is 6. The Hall–Kier alpha value is -3.70. The van der Waals surface area contributed by atoms with Crippen molar-refractivity contribution >= 4 is 33.3 Å². The summed E-state index contributed by atoms with van der Waals surface area (Å²) in [5.74, 6) is 0.440. The number of ether oxygens (including phenoxy) is 1. The van der Waals surface area contributed by atoms with Gasteiger partial charge in [-0.05, 0) is 38.0 Å². The van der Waals surface area contributed by atoms with Gasteiger partial charge in [-0.15, -0.1) is 0 Å². The number of para-hydroxylation sites is 1. The molecule has 0 saturated carbocycles. The maximum absolute atomic E-state index is 12.8. The summed E-state index contributed by atoms with van der Waals surface area (Å²) in [7, 11) is 0. The van der Waals surface area contributed by atoms with Crippen molar-refractivity contribution in [3.63, 3.8) is 0 Å². The van der Waals surface area contributed by atoms with Crippen LogP contribution in [0.25, 0.3) is 21.8 Å². The molecule has 1 atom stereocenters. The quantitative estimate of drug-likeness (QED) is 0.527. The standard InChI is InChI=1S/C23H22N6O2/c1-15-6-7-16-4-2-5-17(20(16)26-15)27-21-19-18(8-12-25-22(19)30)29(28-21)23(10-11-24)9-3-13-31-14-23/h2,4-8,12H,3,9-10,13-14H2,1H3,(H,25,30)(H,27,28). The second-order valence-corrected chi connectivity index (χ2v) is 8.00. The summed E-state index contributed by atoms with van der Waals surface area (Å²) in [4.78, 5) is 20.2. The Morgan fingerprint density at radius 1 is 1.32 bits per heavy atom. The first-order chi connectivity index (χ1) is 15.1. The zero-order valence-electron chi connectivity index (χ0n) is 17.2. The second kappa shape index (κ2) is 7.52. The number of rotatable bonds is 4. The van der Waals surface area contributed by atoms with Gasteiger partial charge in [-0.25, -0.2) is 0 Å². The predicted molar refractivity (Wildman–Crippen MR) is 118 cm³/mol. The molecule has 0 aliphatic carbocycles. The Morgan fingerprint density at radius 2 is 2.23 bits per heavy atom. The molecular weight excluding hydrogens is 392 g/mol. The molecule has 1 aliphatic heterocycles. The summed E-state index contributed by atoms with van der Waals surface area (Å²) < 4.78 is 7.55. The van der Waals surface area contributed by atoms with Gasteiger partial charge in [0, 0.05) is 23.9 Å². The Balaban J connectivity index is 1.70. The fraction of sp³-hybridized carbons (Fsp3) is 0.304. The normalized spacial score (nSPS) is 18.8. The fourth-order valence-electron chi connectivity index (χ4n) is 4.37. The summed E-state index contributed by atoms with van der Waals surface area (Å²) in [6, 6.07) is 14.0. The summed E-state index contributed by atoms with van der Waals surface area (Å²) in [6.07, 6.45) is 3.46. The Bertz CT molecular complexity index is 1370. The van der Waals surface area contributed by atoms with Gasteiger partial charge in [-0.2, -0.15) is 10.4 Å². The summed E-state index contributed by atoms with van der Waals surface area (Å²) in [5.41, 5.74) is 2.32. The Kier molecular flexibility index (Phi) is 4.68. The van der Waals surface area contributed by atoms with Gasteiger partial charge in [0.05, 0.1) is 41.4 Å². The molecule has 1 fully saturated rings. The van der Waals surface area contributed by atoms with E-state index in [9.17, 15) is 10.1 Å². The van der Waals surface area contributed by atoms with E-state index in [1.54, 1.807) is 6.20 Å². The van der Waals surface area contributed by atoms with Crippen LogP contribution in [0.4, 0.5) is 11.5 Å². The molecule has 8 nitrogen and oxygen atoms in total. The van der Waals surface area contributed by atoms with Gasteiger partial charge in [0.2, 0.25) is 0 Å². The molecule has 0 bridgehead atoms. The molecule has 156 valence electrons. The van der Waals surface area contributed by atoms with Gasteiger partial charge < -0.3 is 15.0 Å². The highest BCUT2D eigenvalue weighted by Crippen LogP contribution is 2.36. The van der Waals surface area contributed by atoms with Gasteiger partial charge in [0.15, 0.2) is 5.82 Å². The number of benzene rings is 1. The molecule has 1 unspecified atom stereocenters. The molecule has 5 rings (SSSR count). The van der Waals surface area contributed by atoms with E-state index in [-0.39, 0.29) is 12.0 Å². The third-order valence-electron chi connectivity index (χ3n) is 5.88. The van der Waals surface area contributed by atoms with Crippen LogP contribution in [0.15, 0.2) is 47.4 Å². The molecule has 0 amide bonds.